The molecule has 0 aromatic heterocycles. The molecule has 1 aliphatic heterocycles. The summed E-state index contributed by atoms with van der Waals surface area (Å²) in [6.45, 7) is 1.58. The summed E-state index contributed by atoms with van der Waals surface area (Å²) in [4.78, 5) is 21.5. The highest BCUT2D eigenvalue weighted by molar-refractivity contribution is 9.10. The molecule has 0 radical (unpaired) electrons. The lowest BCUT2D eigenvalue weighted by Gasteiger charge is -2.23. The van der Waals surface area contributed by atoms with Gasteiger partial charge in [0.1, 0.15) is 0 Å². The molecule has 1 atom stereocenters. The maximum atomic E-state index is 11.3. The van der Waals surface area contributed by atoms with Gasteiger partial charge < -0.3 is 10.1 Å². The van der Waals surface area contributed by atoms with Crippen LogP contribution in [0.5, 0.6) is 5.75 Å². The number of carbonyl (C=O) groups is 1. The van der Waals surface area contributed by atoms with Crippen LogP contribution >= 0.6 is 15.9 Å². The minimum absolute atomic E-state index is 0.0953. The third kappa shape index (κ3) is 1.73. The number of nitro benzene ring substituents is 1. The lowest BCUT2D eigenvalue weighted by molar-refractivity contribution is -0.385. The van der Waals surface area contributed by atoms with Crippen molar-refractivity contribution < 1.29 is 14.5 Å². The summed E-state index contributed by atoms with van der Waals surface area (Å²) in [6, 6.07) is 2.74. The van der Waals surface area contributed by atoms with Gasteiger partial charge in [-0.3, -0.25) is 14.9 Å². The molecular weight excluding hydrogens is 280 g/mol. The van der Waals surface area contributed by atoms with Gasteiger partial charge in [0.15, 0.2) is 11.9 Å². The fourth-order valence-corrected chi connectivity index (χ4v) is 1.84. The standard InChI is InChI=1S/C9H7BrN2O4/c1-4-9(13)11-6-2-5(10)7(12(14)15)3-8(6)16-4/h2-4H,1H3,(H,11,13)/t4-/m1/s1. The molecule has 0 fully saturated rings. The van der Waals surface area contributed by atoms with Gasteiger partial charge in [-0.2, -0.15) is 0 Å². The molecule has 0 saturated heterocycles. The number of hydrogen-bond donors (Lipinski definition) is 1. The van der Waals surface area contributed by atoms with Crippen LogP contribution in [-0.2, 0) is 4.79 Å². The highest BCUT2D eigenvalue weighted by Crippen LogP contribution is 2.38. The van der Waals surface area contributed by atoms with Gasteiger partial charge in [-0.15, -0.1) is 0 Å². The van der Waals surface area contributed by atoms with E-state index in [2.05, 4.69) is 21.2 Å². The topological polar surface area (TPSA) is 81.5 Å². The minimum atomic E-state index is -0.645. The van der Waals surface area contributed by atoms with Gasteiger partial charge in [0, 0.05) is 0 Å². The van der Waals surface area contributed by atoms with E-state index >= 15 is 0 Å². The van der Waals surface area contributed by atoms with E-state index in [1.807, 2.05) is 0 Å². The average Bonchev–Trinajstić information content (AvgIpc) is 2.19. The summed E-state index contributed by atoms with van der Waals surface area (Å²) in [7, 11) is 0. The van der Waals surface area contributed by atoms with Crippen molar-refractivity contribution in [3.8, 4) is 5.75 Å². The Morgan fingerprint density at radius 3 is 2.88 bits per heavy atom. The SMILES string of the molecule is C[C@H]1Oc2cc([N+](=O)[O-])c(Br)cc2NC1=O. The zero-order valence-electron chi connectivity index (χ0n) is 8.19. The zero-order valence-corrected chi connectivity index (χ0v) is 9.78. The van der Waals surface area contributed by atoms with Crippen molar-refractivity contribution in [1.29, 1.82) is 0 Å². The van der Waals surface area contributed by atoms with E-state index in [0.29, 0.717) is 15.9 Å². The normalized spacial score (nSPS) is 18.4. The summed E-state index contributed by atoms with van der Waals surface area (Å²) in [5.74, 6) is 0.0373. The van der Waals surface area contributed by atoms with Crippen LogP contribution in [0.15, 0.2) is 16.6 Å². The molecule has 1 aromatic carbocycles. The first-order valence-corrected chi connectivity index (χ1v) is 5.24. The van der Waals surface area contributed by atoms with Crippen molar-refractivity contribution in [2.24, 2.45) is 0 Å². The first-order chi connectivity index (χ1) is 7.49. The van der Waals surface area contributed by atoms with Crippen LogP contribution in [0.4, 0.5) is 11.4 Å². The quantitative estimate of drug-likeness (QED) is 0.633. The predicted molar refractivity (Wildman–Crippen MR) is 59.5 cm³/mol. The maximum absolute atomic E-state index is 11.3. The lowest BCUT2D eigenvalue weighted by Crippen LogP contribution is -2.34. The molecule has 1 aliphatic rings. The molecule has 6 nitrogen and oxygen atoms in total. The molecule has 0 saturated carbocycles. The molecule has 16 heavy (non-hydrogen) atoms. The molecule has 0 aliphatic carbocycles. The van der Waals surface area contributed by atoms with Crippen molar-refractivity contribution in [3.05, 3.63) is 26.7 Å². The number of fused-ring (bicyclic) bond motifs is 1. The number of benzene rings is 1. The van der Waals surface area contributed by atoms with Gasteiger partial charge in [0.25, 0.3) is 11.6 Å². The Labute approximate surface area is 98.9 Å². The van der Waals surface area contributed by atoms with Crippen LogP contribution in [0.25, 0.3) is 0 Å². The Balaban J connectivity index is 2.50. The highest BCUT2D eigenvalue weighted by atomic mass is 79.9. The second kappa shape index (κ2) is 3.75. The van der Waals surface area contributed by atoms with Gasteiger partial charge in [-0.25, -0.2) is 0 Å². The van der Waals surface area contributed by atoms with Gasteiger partial charge in [0.05, 0.1) is 21.1 Å². The number of nitrogens with one attached hydrogen (secondary N) is 1. The Kier molecular flexibility index (Phi) is 2.55. The molecule has 7 heteroatoms. The Morgan fingerprint density at radius 1 is 1.56 bits per heavy atom. The van der Waals surface area contributed by atoms with Crippen molar-refractivity contribution in [1.82, 2.24) is 0 Å². The number of nitrogens with zero attached hydrogens (tertiary/aromatic N) is 1. The number of hydrogen-bond acceptors (Lipinski definition) is 4. The summed E-state index contributed by atoms with van der Waals surface area (Å²) < 4.78 is 5.55. The molecule has 0 unspecified atom stereocenters. The molecule has 2 rings (SSSR count). The average molecular weight is 287 g/mol. The summed E-state index contributed by atoms with van der Waals surface area (Å²) in [6.07, 6.45) is -0.645. The summed E-state index contributed by atoms with van der Waals surface area (Å²) in [5.41, 5.74) is 0.336. The number of nitro groups is 1. The van der Waals surface area contributed by atoms with Gasteiger partial charge in [-0.1, -0.05) is 0 Å². The predicted octanol–water partition coefficient (Wildman–Crippen LogP) is 2.08. The molecule has 1 amide bonds. The van der Waals surface area contributed by atoms with Gasteiger partial charge in [0.2, 0.25) is 0 Å². The second-order valence-corrected chi connectivity index (χ2v) is 4.16. The van der Waals surface area contributed by atoms with Gasteiger partial charge >= 0.3 is 0 Å². The third-order valence-electron chi connectivity index (χ3n) is 2.18. The minimum Gasteiger partial charge on any atom is -0.478 e. The number of anilines is 1. The van der Waals surface area contributed by atoms with Crippen molar-refractivity contribution in [2.45, 2.75) is 13.0 Å². The van der Waals surface area contributed by atoms with Crippen LogP contribution < -0.4 is 10.1 Å². The fraction of sp³-hybridized carbons (Fsp3) is 0.222. The Morgan fingerprint density at radius 2 is 2.25 bits per heavy atom. The second-order valence-electron chi connectivity index (χ2n) is 3.31. The number of halogens is 1. The smallest absolute Gasteiger partial charge is 0.287 e. The Hall–Kier alpha value is -1.63. The van der Waals surface area contributed by atoms with Crippen LogP contribution in [0.1, 0.15) is 6.92 Å². The highest BCUT2D eigenvalue weighted by Gasteiger charge is 2.27. The number of rotatable bonds is 1. The van der Waals surface area contributed by atoms with E-state index in [4.69, 9.17) is 4.74 Å². The molecule has 1 N–H and O–H groups in total. The monoisotopic (exact) mass is 286 g/mol. The van der Waals surface area contributed by atoms with Crippen LogP contribution in [0.3, 0.4) is 0 Å². The van der Waals surface area contributed by atoms with Crippen LogP contribution in [0.2, 0.25) is 0 Å². The third-order valence-corrected chi connectivity index (χ3v) is 2.81. The number of carbonyl (C=O) groups excluding carboxylic acids is 1. The molecule has 0 bridgehead atoms. The summed E-state index contributed by atoms with van der Waals surface area (Å²) >= 11 is 3.06. The molecule has 1 aromatic rings. The molecular formula is C9H7BrN2O4. The van der Waals surface area contributed by atoms with Gasteiger partial charge in [-0.05, 0) is 28.9 Å². The van der Waals surface area contributed by atoms with E-state index in [9.17, 15) is 14.9 Å². The molecule has 0 spiro atoms. The van der Waals surface area contributed by atoms with E-state index in [0.717, 1.165) is 0 Å². The molecule has 84 valence electrons. The van der Waals surface area contributed by atoms with E-state index in [1.54, 1.807) is 6.92 Å². The first kappa shape index (κ1) is 10.9. The lowest BCUT2D eigenvalue weighted by atomic mass is 10.2. The number of amides is 1. The Bertz CT molecular complexity index is 489. The van der Waals surface area contributed by atoms with E-state index in [-0.39, 0.29) is 11.6 Å². The maximum Gasteiger partial charge on any atom is 0.287 e. The zero-order chi connectivity index (χ0) is 11.9. The van der Waals surface area contributed by atoms with Crippen LogP contribution in [-0.4, -0.2) is 16.9 Å². The first-order valence-electron chi connectivity index (χ1n) is 4.44. The van der Waals surface area contributed by atoms with E-state index in [1.165, 1.54) is 12.1 Å². The molecule has 1 heterocycles. The fourth-order valence-electron chi connectivity index (χ4n) is 1.36. The van der Waals surface area contributed by atoms with E-state index < -0.39 is 11.0 Å². The van der Waals surface area contributed by atoms with Crippen molar-refractivity contribution >= 4 is 33.2 Å². The van der Waals surface area contributed by atoms with Crippen LogP contribution in [0, 0.1) is 10.1 Å². The van der Waals surface area contributed by atoms with Crippen molar-refractivity contribution in [2.75, 3.05) is 5.32 Å². The number of ether oxygens (including phenoxy) is 1. The largest absolute Gasteiger partial charge is 0.478 e. The van der Waals surface area contributed by atoms with Crippen molar-refractivity contribution in [3.63, 3.8) is 0 Å². The summed E-state index contributed by atoms with van der Waals surface area (Å²) in [5, 5.41) is 13.3.